The lowest BCUT2D eigenvalue weighted by atomic mass is 10.1. The van der Waals surface area contributed by atoms with Crippen molar-refractivity contribution in [3.63, 3.8) is 0 Å². The fourth-order valence-corrected chi connectivity index (χ4v) is 2.11. The molecule has 0 aliphatic heterocycles. The zero-order valence-electron chi connectivity index (χ0n) is 10.3. The highest BCUT2D eigenvalue weighted by Gasteiger charge is 2.16. The Kier molecular flexibility index (Phi) is 4.55. The van der Waals surface area contributed by atoms with E-state index in [4.69, 9.17) is 17.3 Å². The number of carbonyl (C=O) groups excluding carboxylic acids is 1. The summed E-state index contributed by atoms with van der Waals surface area (Å²) in [5.41, 5.74) is 7.30. The van der Waals surface area contributed by atoms with Crippen LogP contribution < -0.4 is 11.1 Å². The molecule has 0 spiro atoms. The number of nitrogens with one attached hydrogen (secondary N) is 1. The number of carbonyl (C=O) groups is 1. The molecule has 2 rings (SSSR count). The van der Waals surface area contributed by atoms with Gasteiger partial charge in [-0.1, -0.05) is 54.1 Å². The Labute approximate surface area is 117 Å². The molecule has 2 aromatic carbocycles. The summed E-state index contributed by atoms with van der Waals surface area (Å²) in [5.74, 6) is -0.395. The van der Waals surface area contributed by atoms with Gasteiger partial charge in [0.1, 0.15) is 6.04 Å². The van der Waals surface area contributed by atoms with E-state index in [-0.39, 0.29) is 0 Å². The first-order chi connectivity index (χ1) is 9.16. The van der Waals surface area contributed by atoms with Crippen molar-refractivity contribution in [3.05, 3.63) is 70.7 Å². The first-order valence-electron chi connectivity index (χ1n) is 5.99. The minimum atomic E-state index is -0.500. The minimum Gasteiger partial charge on any atom is -0.368 e. The van der Waals surface area contributed by atoms with E-state index in [0.717, 1.165) is 11.1 Å². The molecule has 3 nitrogen and oxygen atoms in total. The van der Waals surface area contributed by atoms with Gasteiger partial charge in [-0.25, -0.2) is 0 Å². The molecule has 0 saturated carbocycles. The maximum absolute atomic E-state index is 11.5. The summed E-state index contributed by atoms with van der Waals surface area (Å²) >= 11 is 5.92. The monoisotopic (exact) mass is 274 g/mol. The zero-order chi connectivity index (χ0) is 13.7. The van der Waals surface area contributed by atoms with E-state index in [1.807, 2.05) is 54.6 Å². The Morgan fingerprint density at radius 3 is 2.53 bits per heavy atom. The molecule has 1 unspecified atom stereocenters. The van der Waals surface area contributed by atoms with E-state index in [9.17, 15) is 4.79 Å². The van der Waals surface area contributed by atoms with E-state index in [0.29, 0.717) is 11.6 Å². The van der Waals surface area contributed by atoms with Gasteiger partial charge in [0.15, 0.2) is 0 Å². The maximum Gasteiger partial charge on any atom is 0.239 e. The van der Waals surface area contributed by atoms with Crippen molar-refractivity contribution in [1.82, 2.24) is 5.32 Å². The topological polar surface area (TPSA) is 55.1 Å². The van der Waals surface area contributed by atoms with Crippen molar-refractivity contribution in [3.8, 4) is 0 Å². The summed E-state index contributed by atoms with van der Waals surface area (Å²) in [7, 11) is 0. The molecule has 0 aromatic heterocycles. The van der Waals surface area contributed by atoms with Gasteiger partial charge in [0.25, 0.3) is 0 Å². The van der Waals surface area contributed by atoms with Crippen LogP contribution in [-0.4, -0.2) is 5.91 Å². The van der Waals surface area contributed by atoms with Gasteiger partial charge in [0, 0.05) is 11.6 Å². The van der Waals surface area contributed by atoms with E-state index in [1.165, 1.54) is 0 Å². The Hall–Kier alpha value is -1.84. The van der Waals surface area contributed by atoms with Gasteiger partial charge in [-0.3, -0.25) is 10.1 Å². The molecule has 2 aromatic rings. The summed E-state index contributed by atoms with van der Waals surface area (Å²) < 4.78 is 0. The van der Waals surface area contributed by atoms with E-state index in [2.05, 4.69) is 5.32 Å². The number of rotatable bonds is 5. The highest BCUT2D eigenvalue weighted by atomic mass is 35.5. The van der Waals surface area contributed by atoms with Crippen molar-refractivity contribution < 1.29 is 4.79 Å². The molecule has 98 valence electrons. The molecule has 3 N–H and O–H groups in total. The van der Waals surface area contributed by atoms with Gasteiger partial charge in [-0.05, 0) is 23.3 Å². The average Bonchev–Trinajstić information content (AvgIpc) is 2.40. The number of nitrogens with two attached hydrogens (primary N) is 1. The fourth-order valence-electron chi connectivity index (χ4n) is 1.90. The molecule has 1 atom stereocenters. The van der Waals surface area contributed by atoms with Crippen LogP contribution in [0.2, 0.25) is 5.02 Å². The Morgan fingerprint density at radius 2 is 1.89 bits per heavy atom. The zero-order valence-corrected chi connectivity index (χ0v) is 11.1. The lowest BCUT2D eigenvalue weighted by Crippen LogP contribution is -2.33. The van der Waals surface area contributed by atoms with Crippen molar-refractivity contribution in [2.45, 2.75) is 12.6 Å². The van der Waals surface area contributed by atoms with E-state index in [1.54, 1.807) is 0 Å². The van der Waals surface area contributed by atoms with Gasteiger partial charge in [0.2, 0.25) is 5.91 Å². The summed E-state index contributed by atoms with van der Waals surface area (Å²) in [6, 6.07) is 16.4. The van der Waals surface area contributed by atoms with Gasteiger partial charge < -0.3 is 5.73 Å². The van der Waals surface area contributed by atoms with Crippen molar-refractivity contribution in [2.75, 3.05) is 0 Å². The second kappa shape index (κ2) is 6.36. The molecular weight excluding hydrogens is 260 g/mol. The largest absolute Gasteiger partial charge is 0.368 e. The molecule has 0 fully saturated rings. The second-order valence-corrected chi connectivity index (χ2v) is 4.69. The molecule has 0 saturated heterocycles. The third kappa shape index (κ3) is 3.81. The van der Waals surface area contributed by atoms with Gasteiger partial charge in [-0.15, -0.1) is 0 Å². The number of benzene rings is 2. The van der Waals surface area contributed by atoms with Gasteiger partial charge in [-0.2, -0.15) is 0 Å². The molecule has 0 radical (unpaired) electrons. The first kappa shape index (κ1) is 13.6. The highest BCUT2D eigenvalue weighted by Crippen LogP contribution is 2.15. The number of hydrogen-bond donors (Lipinski definition) is 2. The summed E-state index contributed by atoms with van der Waals surface area (Å²) in [6.45, 7) is 0.531. The van der Waals surface area contributed by atoms with Crippen molar-refractivity contribution >= 4 is 17.5 Å². The number of halogens is 1. The van der Waals surface area contributed by atoms with Crippen LogP contribution >= 0.6 is 11.6 Å². The average molecular weight is 275 g/mol. The van der Waals surface area contributed by atoms with Crippen LogP contribution in [0.25, 0.3) is 0 Å². The third-order valence-corrected chi connectivity index (χ3v) is 3.05. The molecular formula is C15H15ClN2O. The van der Waals surface area contributed by atoms with Crippen LogP contribution in [0.5, 0.6) is 0 Å². The summed E-state index contributed by atoms with van der Waals surface area (Å²) in [4.78, 5) is 11.5. The number of amides is 1. The normalized spacial score (nSPS) is 12.1. The SMILES string of the molecule is NC(=O)C(NCc1cccc(Cl)c1)c1ccccc1. The Bertz CT molecular complexity index is 557. The standard InChI is InChI=1S/C15H15ClN2O/c16-13-8-4-5-11(9-13)10-18-14(15(17)19)12-6-2-1-3-7-12/h1-9,14,18H,10H2,(H2,17,19). The van der Waals surface area contributed by atoms with Crippen LogP contribution in [0.1, 0.15) is 17.2 Å². The molecule has 0 heterocycles. The molecule has 0 bridgehead atoms. The predicted molar refractivity (Wildman–Crippen MR) is 76.7 cm³/mol. The molecule has 4 heteroatoms. The van der Waals surface area contributed by atoms with Crippen LogP contribution in [0.4, 0.5) is 0 Å². The summed E-state index contributed by atoms with van der Waals surface area (Å²) in [5, 5.41) is 3.82. The lowest BCUT2D eigenvalue weighted by Gasteiger charge is -2.16. The smallest absolute Gasteiger partial charge is 0.239 e. The van der Waals surface area contributed by atoms with Gasteiger partial charge >= 0.3 is 0 Å². The lowest BCUT2D eigenvalue weighted by molar-refractivity contribution is -0.120. The first-order valence-corrected chi connectivity index (χ1v) is 6.36. The maximum atomic E-state index is 11.5. The molecule has 1 amide bonds. The number of hydrogen-bond acceptors (Lipinski definition) is 2. The highest BCUT2D eigenvalue weighted by molar-refractivity contribution is 6.30. The van der Waals surface area contributed by atoms with Gasteiger partial charge in [0.05, 0.1) is 0 Å². The van der Waals surface area contributed by atoms with Crippen LogP contribution in [0.3, 0.4) is 0 Å². The van der Waals surface area contributed by atoms with E-state index >= 15 is 0 Å². The minimum absolute atomic E-state index is 0.395. The van der Waals surface area contributed by atoms with Crippen LogP contribution in [0, 0.1) is 0 Å². The quantitative estimate of drug-likeness (QED) is 0.881. The number of primary amides is 1. The van der Waals surface area contributed by atoms with Crippen LogP contribution in [0.15, 0.2) is 54.6 Å². The van der Waals surface area contributed by atoms with Crippen LogP contribution in [-0.2, 0) is 11.3 Å². The molecule has 19 heavy (non-hydrogen) atoms. The van der Waals surface area contributed by atoms with Crippen molar-refractivity contribution in [1.29, 1.82) is 0 Å². The molecule has 0 aliphatic rings. The predicted octanol–water partition coefficient (Wildman–Crippen LogP) is 2.66. The van der Waals surface area contributed by atoms with Crippen molar-refractivity contribution in [2.24, 2.45) is 5.73 Å². The second-order valence-electron chi connectivity index (χ2n) is 4.26. The third-order valence-electron chi connectivity index (χ3n) is 2.82. The van der Waals surface area contributed by atoms with E-state index < -0.39 is 11.9 Å². The fraction of sp³-hybridized carbons (Fsp3) is 0.133. The summed E-state index contributed by atoms with van der Waals surface area (Å²) in [6.07, 6.45) is 0. The Balaban J connectivity index is 2.08. The Morgan fingerprint density at radius 1 is 1.16 bits per heavy atom. The molecule has 0 aliphatic carbocycles.